The third kappa shape index (κ3) is 5.01. The second-order valence-corrected chi connectivity index (χ2v) is 7.23. The summed E-state index contributed by atoms with van der Waals surface area (Å²) in [4.78, 5) is 17.5. The molecule has 0 aliphatic heterocycles. The van der Waals surface area contributed by atoms with Gasteiger partial charge in [-0.1, -0.05) is 30.3 Å². The number of nitrogens with zero attached hydrogens (tertiary/aromatic N) is 2. The van der Waals surface area contributed by atoms with Crippen LogP contribution in [-0.2, 0) is 0 Å². The van der Waals surface area contributed by atoms with Crippen molar-refractivity contribution in [2.75, 3.05) is 0 Å². The first-order valence-electron chi connectivity index (χ1n) is 8.66. The highest BCUT2D eigenvalue weighted by molar-refractivity contribution is 7.17. The molecule has 1 aromatic heterocycles. The highest BCUT2D eigenvalue weighted by Gasteiger charge is 2.15. The van der Waals surface area contributed by atoms with Gasteiger partial charge in [-0.05, 0) is 50.6 Å². The molecule has 0 unspecified atom stereocenters. The molecule has 0 bridgehead atoms. The maximum atomic E-state index is 12.4. The lowest BCUT2D eigenvalue weighted by Crippen LogP contribution is -2.17. The summed E-state index contributed by atoms with van der Waals surface area (Å²) >= 11 is 1.36. The second-order valence-electron chi connectivity index (χ2n) is 6.23. The number of hydrogen-bond acceptors (Lipinski definition) is 5. The van der Waals surface area contributed by atoms with Crippen LogP contribution >= 0.6 is 11.3 Å². The molecule has 2 aromatic carbocycles. The lowest BCUT2D eigenvalue weighted by Gasteiger charge is -2.09. The van der Waals surface area contributed by atoms with Gasteiger partial charge in [-0.25, -0.2) is 10.4 Å². The number of amides is 1. The Morgan fingerprint density at radius 1 is 1.15 bits per heavy atom. The molecule has 0 aliphatic carbocycles. The molecular formula is C21H21N3O2S. The third-order valence-corrected chi connectivity index (χ3v) is 4.86. The number of hydrogen-bond donors (Lipinski definition) is 1. The van der Waals surface area contributed by atoms with Crippen molar-refractivity contribution in [2.24, 2.45) is 5.10 Å². The van der Waals surface area contributed by atoms with E-state index in [4.69, 9.17) is 4.74 Å². The van der Waals surface area contributed by atoms with Gasteiger partial charge in [-0.3, -0.25) is 4.79 Å². The predicted octanol–water partition coefficient (Wildman–Crippen LogP) is 4.67. The Bertz CT molecular complexity index is 932. The maximum Gasteiger partial charge on any atom is 0.283 e. The smallest absolute Gasteiger partial charge is 0.283 e. The molecule has 0 radical (unpaired) electrons. The van der Waals surface area contributed by atoms with E-state index in [1.807, 2.05) is 75.4 Å². The fraction of sp³-hybridized carbons (Fsp3) is 0.190. The molecule has 27 heavy (non-hydrogen) atoms. The van der Waals surface area contributed by atoms with Crippen LogP contribution in [0.15, 0.2) is 59.7 Å². The summed E-state index contributed by atoms with van der Waals surface area (Å²) in [6.45, 7) is 5.79. The van der Waals surface area contributed by atoms with Crippen LogP contribution in [0.4, 0.5) is 0 Å². The maximum absolute atomic E-state index is 12.4. The number of aryl methyl sites for hydroxylation is 1. The number of carbonyl (C=O) groups excluding carboxylic acids is 1. The van der Waals surface area contributed by atoms with Crippen LogP contribution < -0.4 is 10.2 Å². The van der Waals surface area contributed by atoms with Gasteiger partial charge in [0, 0.05) is 5.56 Å². The van der Waals surface area contributed by atoms with Crippen molar-refractivity contribution in [3.05, 3.63) is 70.7 Å². The minimum Gasteiger partial charge on any atom is -0.491 e. The molecule has 1 N–H and O–H groups in total. The summed E-state index contributed by atoms with van der Waals surface area (Å²) in [6.07, 6.45) is 1.73. The highest BCUT2D eigenvalue weighted by Crippen LogP contribution is 2.27. The molecule has 0 saturated carbocycles. The predicted molar refractivity (Wildman–Crippen MR) is 110 cm³/mol. The zero-order chi connectivity index (χ0) is 19.2. The van der Waals surface area contributed by atoms with Crippen molar-refractivity contribution >= 4 is 23.5 Å². The number of benzene rings is 2. The lowest BCUT2D eigenvalue weighted by molar-refractivity contribution is 0.0958. The SMILES string of the molecule is Cc1nc(-c2ccccc2)sc1C(=O)N/N=C/c1ccc(OC(C)C)cc1. The van der Waals surface area contributed by atoms with E-state index < -0.39 is 0 Å². The van der Waals surface area contributed by atoms with Crippen LogP contribution in [0.2, 0.25) is 0 Å². The van der Waals surface area contributed by atoms with Gasteiger partial charge in [0.1, 0.15) is 15.6 Å². The molecule has 138 valence electrons. The van der Waals surface area contributed by atoms with Gasteiger partial charge in [-0.15, -0.1) is 11.3 Å². The van der Waals surface area contributed by atoms with Crippen molar-refractivity contribution in [1.29, 1.82) is 0 Å². The number of rotatable bonds is 6. The molecule has 0 saturated heterocycles. The third-order valence-electron chi connectivity index (χ3n) is 3.66. The van der Waals surface area contributed by atoms with E-state index in [1.54, 1.807) is 6.21 Å². The average molecular weight is 379 g/mol. The monoisotopic (exact) mass is 379 g/mol. The normalized spacial score (nSPS) is 11.1. The van der Waals surface area contributed by atoms with Crippen molar-refractivity contribution < 1.29 is 9.53 Å². The molecule has 1 heterocycles. The molecule has 0 fully saturated rings. The first-order chi connectivity index (χ1) is 13.0. The number of hydrazone groups is 1. The van der Waals surface area contributed by atoms with Crippen LogP contribution in [0.1, 0.15) is 34.8 Å². The second kappa shape index (κ2) is 8.60. The summed E-state index contributed by atoms with van der Waals surface area (Å²) in [6, 6.07) is 17.3. The van der Waals surface area contributed by atoms with Crippen molar-refractivity contribution in [3.8, 4) is 16.3 Å². The van der Waals surface area contributed by atoms with Crippen molar-refractivity contribution in [3.63, 3.8) is 0 Å². The van der Waals surface area contributed by atoms with Crippen LogP contribution in [0.5, 0.6) is 5.75 Å². The summed E-state index contributed by atoms with van der Waals surface area (Å²) < 4.78 is 5.60. The van der Waals surface area contributed by atoms with E-state index in [0.717, 1.165) is 21.9 Å². The molecule has 5 nitrogen and oxygen atoms in total. The topological polar surface area (TPSA) is 63.6 Å². The first kappa shape index (κ1) is 18.8. The Labute approximate surface area is 162 Å². The van der Waals surface area contributed by atoms with Gasteiger partial charge in [0.25, 0.3) is 5.91 Å². The standard InChI is InChI=1S/C21H21N3O2S/c1-14(2)26-18-11-9-16(10-12-18)13-22-24-20(25)19-15(3)23-21(27-19)17-7-5-4-6-8-17/h4-14H,1-3H3,(H,24,25)/b22-13+. The van der Waals surface area contributed by atoms with Gasteiger partial charge in [0.15, 0.2) is 0 Å². The summed E-state index contributed by atoms with van der Waals surface area (Å²) in [5.74, 6) is 0.545. The molecule has 3 aromatic rings. The summed E-state index contributed by atoms with van der Waals surface area (Å²) in [5, 5.41) is 4.87. The Kier molecular flexibility index (Phi) is 5.98. The summed E-state index contributed by atoms with van der Waals surface area (Å²) in [5.41, 5.74) is 5.14. The molecule has 0 atom stereocenters. The average Bonchev–Trinajstić information content (AvgIpc) is 3.05. The number of nitrogens with one attached hydrogen (secondary N) is 1. The van der Waals surface area contributed by atoms with Crippen LogP contribution in [0.25, 0.3) is 10.6 Å². The largest absolute Gasteiger partial charge is 0.491 e. The van der Waals surface area contributed by atoms with Gasteiger partial charge >= 0.3 is 0 Å². The van der Waals surface area contributed by atoms with Gasteiger partial charge in [0.2, 0.25) is 0 Å². The number of aromatic nitrogens is 1. The van der Waals surface area contributed by atoms with Crippen LogP contribution in [0, 0.1) is 6.92 Å². The Morgan fingerprint density at radius 3 is 2.52 bits per heavy atom. The molecule has 0 aliphatic rings. The van der Waals surface area contributed by atoms with Crippen molar-refractivity contribution in [2.45, 2.75) is 26.9 Å². The zero-order valence-corrected chi connectivity index (χ0v) is 16.3. The minimum atomic E-state index is -0.261. The zero-order valence-electron chi connectivity index (χ0n) is 15.5. The Balaban J connectivity index is 1.64. The number of thiazole rings is 1. The number of carbonyl (C=O) groups is 1. The van der Waals surface area contributed by atoms with E-state index in [9.17, 15) is 4.79 Å². The molecule has 0 spiro atoms. The Morgan fingerprint density at radius 2 is 1.85 bits per heavy atom. The molecule has 1 amide bonds. The van der Waals surface area contributed by atoms with Gasteiger partial charge in [0.05, 0.1) is 18.0 Å². The quantitative estimate of drug-likeness (QED) is 0.500. The van der Waals surface area contributed by atoms with E-state index in [-0.39, 0.29) is 12.0 Å². The first-order valence-corrected chi connectivity index (χ1v) is 9.47. The van der Waals surface area contributed by atoms with Crippen molar-refractivity contribution in [1.82, 2.24) is 10.4 Å². The van der Waals surface area contributed by atoms with Gasteiger partial charge < -0.3 is 4.74 Å². The number of ether oxygens (including phenoxy) is 1. The van der Waals surface area contributed by atoms with Gasteiger partial charge in [-0.2, -0.15) is 5.10 Å². The van der Waals surface area contributed by atoms with E-state index in [0.29, 0.717) is 10.6 Å². The van der Waals surface area contributed by atoms with E-state index in [1.165, 1.54) is 11.3 Å². The summed E-state index contributed by atoms with van der Waals surface area (Å²) in [7, 11) is 0. The van der Waals surface area contributed by atoms with E-state index in [2.05, 4.69) is 15.5 Å². The lowest BCUT2D eigenvalue weighted by atomic mass is 10.2. The molecule has 3 rings (SSSR count). The molecular weight excluding hydrogens is 358 g/mol. The van der Waals surface area contributed by atoms with E-state index >= 15 is 0 Å². The Hall–Kier alpha value is -2.99. The van der Waals surface area contributed by atoms with Crippen LogP contribution in [-0.4, -0.2) is 23.2 Å². The highest BCUT2D eigenvalue weighted by atomic mass is 32.1. The fourth-order valence-corrected chi connectivity index (χ4v) is 3.39. The fourth-order valence-electron chi connectivity index (χ4n) is 2.43. The molecule has 6 heteroatoms. The minimum absolute atomic E-state index is 0.132. The van der Waals surface area contributed by atoms with Crippen LogP contribution in [0.3, 0.4) is 0 Å².